The number of hydrogen-bond donors (Lipinski definition) is 1. The lowest BCUT2D eigenvalue weighted by Gasteiger charge is -2.19. The van der Waals surface area contributed by atoms with E-state index in [9.17, 15) is 9.18 Å². The molecule has 0 saturated carbocycles. The molecule has 0 aliphatic rings. The van der Waals surface area contributed by atoms with Crippen LogP contribution in [0.15, 0.2) is 60.9 Å². The first-order valence-corrected chi connectivity index (χ1v) is 9.70. The highest BCUT2D eigenvalue weighted by atomic mass is 19.1. The molecule has 3 rings (SSSR count). The number of aryl methyl sites for hydroxylation is 1. The Morgan fingerprint density at radius 3 is 2.59 bits per heavy atom. The molecule has 1 atom stereocenters. The Balaban J connectivity index is 1.76. The summed E-state index contributed by atoms with van der Waals surface area (Å²) in [5.41, 5.74) is 1.12. The fourth-order valence-electron chi connectivity index (χ4n) is 2.97. The summed E-state index contributed by atoms with van der Waals surface area (Å²) in [6.45, 7) is 4.94. The molecule has 1 N–H and O–H groups in total. The first-order chi connectivity index (χ1) is 13.9. The molecule has 1 heterocycles. The maximum absolute atomic E-state index is 13.8. The van der Waals surface area contributed by atoms with Gasteiger partial charge in [0, 0.05) is 25.0 Å². The van der Waals surface area contributed by atoms with E-state index in [0.717, 1.165) is 12.2 Å². The third-order valence-electron chi connectivity index (χ3n) is 4.65. The number of nitrogens with zero attached hydrogens (tertiary/aromatic N) is 2. The average Bonchev–Trinajstić information content (AvgIpc) is 3.12. The summed E-state index contributed by atoms with van der Waals surface area (Å²) in [6.07, 6.45) is 4.41. The quantitative estimate of drug-likeness (QED) is 0.611. The van der Waals surface area contributed by atoms with Crippen molar-refractivity contribution in [2.24, 2.45) is 13.0 Å². The minimum Gasteiger partial charge on any atom is -0.494 e. The van der Waals surface area contributed by atoms with Crippen LogP contribution in [0.5, 0.6) is 5.75 Å². The van der Waals surface area contributed by atoms with Crippen molar-refractivity contribution in [1.29, 1.82) is 0 Å². The van der Waals surface area contributed by atoms with Gasteiger partial charge in [0.05, 0.1) is 6.61 Å². The molecular weight excluding hydrogens is 369 g/mol. The number of rotatable bonds is 8. The van der Waals surface area contributed by atoms with Gasteiger partial charge in [-0.3, -0.25) is 4.79 Å². The van der Waals surface area contributed by atoms with Crippen molar-refractivity contribution in [1.82, 2.24) is 14.9 Å². The molecule has 3 aromatic rings. The predicted octanol–water partition coefficient (Wildman–Crippen LogP) is 4.50. The molecule has 0 spiro atoms. The summed E-state index contributed by atoms with van der Waals surface area (Å²) < 4.78 is 21.3. The molecule has 2 aromatic carbocycles. The minimum absolute atomic E-state index is 0.268. The van der Waals surface area contributed by atoms with Crippen molar-refractivity contribution >= 4 is 5.91 Å². The number of imidazole rings is 1. The molecule has 0 radical (unpaired) electrons. The third kappa shape index (κ3) is 5.44. The van der Waals surface area contributed by atoms with Crippen molar-refractivity contribution in [2.75, 3.05) is 6.61 Å². The minimum atomic E-state index is -0.569. The van der Waals surface area contributed by atoms with Crippen molar-refractivity contribution in [3.8, 4) is 5.75 Å². The number of aromatic nitrogens is 2. The fourth-order valence-corrected chi connectivity index (χ4v) is 2.97. The van der Waals surface area contributed by atoms with Gasteiger partial charge >= 0.3 is 0 Å². The van der Waals surface area contributed by atoms with E-state index < -0.39 is 6.04 Å². The Hall–Kier alpha value is -3.15. The highest BCUT2D eigenvalue weighted by molar-refractivity contribution is 5.94. The van der Waals surface area contributed by atoms with E-state index in [1.807, 2.05) is 11.6 Å². The number of carbonyl (C=O) groups excluding carboxylic acids is 1. The number of hydrogen-bond acceptors (Lipinski definition) is 3. The summed E-state index contributed by atoms with van der Waals surface area (Å²) in [4.78, 5) is 17.2. The first kappa shape index (κ1) is 20.6. The van der Waals surface area contributed by atoms with Crippen LogP contribution in [0.3, 0.4) is 0 Å². The summed E-state index contributed by atoms with van der Waals surface area (Å²) in [5, 5.41) is 2.97. The van der Waals surface area contributed by atoms with E-state index in [1.54, 1.807) is 48.8 Å². The van der Waals surface area contributed by atoms with E-state index in [-0.39, 0.29) is 11.7 Å². The Bertz CT molecular complexity index is 951. The van der Waals surface area contributed by atoms with E-state index in [2.05, 4.69) is 24.1 Å². The van der Waals surface area contributed by atoms with Gasteiger partial charge in [0.25, 0.3) is 5.91 Å². The summed E-state index contributed by atoms with van der Waals surface area (Å²) in [5.74, 6) is 1.30. The molecule has 1 unspecified atom stereocenters. The number of nitrogens with one attached hydrogen (secondary N) is 1. The number of benzene rings is 2. The highest BCUT2D eigenvalue weighted by Crippen LogP contribution is 2.22. The van der Waals surface area contributed by atoms with E-state index in [4.69, 9.17) is 4.74 Å². The zero-order valence-corrected chi connectivity index (χ0v) is 16.9. The molecule has 29 heavy (non-hydrogen) atoms. The van der Waals surface area contributed by atoms with Gasteiger partial charge in [-0.1, -0.05) is 26.0 Å². The molecule has 6 heteroatoms. The molecule has 0 aliphatic carbocycles. The van der Waals surface area contributed by atoms with Crippen LogP contribution in [0, 0.1) is 11.7 Å². The van der Waals surface area contributed by atoms with Crippen LogP contribution in [-0.2, 0) is 7.05 Å². The molecule has 0 fully saturated rings. The van der Waals surface area contributed by atoms with Gasteiger partial charge < -0.3 is 14.6 Å². The lowest BCUT2D eigenvalue weighted by molar-refractivity contribution is 0.0941. The van der Waals surface area contributed by atoms with Crippen molar-refractivity contribution in [3.63, 3.8) is 0 Å². The summed E-state index contributed by atoms with van der Waals surface area (Å²) in [6, 6.07) is 12.6. The topological polar surface area (TPSA) is 56.1 Å². The number of ether oxygens (including phenoxy) is 1. The third-order valence-corrected chi connectivity index (χ3v) is 4.65. The molecule has 5 nitrogen and oxygen atoms in total. The second-order valence-corrected chi connectivity index (χ2v) is 7.41. The standard InChI is InChI=1S/C23H26FN3O2/c1-16(2)11-14-29-20-9-7-17(8-10-20)23(28)26-21(22-25-12-13-27(22)3)18-5-4-6-19(24)15-18/h4-10,12-13,15-16,21H,11,14H2,1-3H3,(H,26,28). The molecule has 1 amide bonds. The zero-order chi connectivity index (χ0) is 20.8. The number of halogens is 1. The summed E-state index contributed by atoms with van der Waals surface area (Å²) in [7, 11) is 1.84. The molecule has 0 aliphatic heterocycles. The van der Waals surface area contributed by atoms with Crippen LogP contribution in [0.4, 0.5) is 4.39 Å². The van der Waals surface area contributed by atoms with Crippen LogP contribution >= 0.6 is 0 Å². The maximum atomic E-state index is 13.8. The van der Waals surface area contributed by atoms with Crippen molar-refractivity contribution < 1.29 is 13.9 Å². The molecule has 1 aromatic heterocycles. The van der Waals surface area contributed by atoms with Crippen molar-refractivity contribution in [2.45, 2.75) is 26.3 Å². The van der Waals surface area contributed by atoms with Gasteiger partial charge in [0.1, 0.15) is 23.4 Å². The molecule has 0 bridgehead atoms. The van der Waals surface area contributed by atoms with E-state index in [1.165, 1.54) is 12.1 Å². The first-order valence-electron chi connectivity index (χ1n) is 9.70. The Morgan fingerprint density at radius 2 is 1.97 bits per heavy atom. The van der Waals surface area contributed by atoms with Crippen LogP contribution < -0.4 is 10.1 Å². The van der Waals surface area contributed by atoms with Gasteiger partial charge in [-0.15, -0.1) is 0 Å². The van der Waals surface area contributed by atoms with Crippen LogP contribution in [-0.4, -0.2) is 22.1 Å². The SMILES string of the molecule is CC(C)CCOc1ccc(C(=O)NC(c2cccc(F)c2)c2nccn2C)cc1. The highest BCUT2D eigenvalue weighted by Gasteiger charge is 2.22. The second-order valence-electron chi connectivity index (χ2n) is 7.41. The van der Waals surface area contributed by atoms with Gasteiger partial charge in [-0.05, 0) is 54.3 Å². The lowest BCUT2D eigenvalue weighted by Crippen LogP contribution is -2.31. The Labute approximate surface area is 170 Å². The second kappa shape index (κ2) is 9.37. The average molecular weight is 395 g/mol. The normalized spacial score (nSPS) is 12.0. The summed E-state index contributed by atoms with van der Waals surface area (Å²) >= 11 is 0. The van der Waals surface area contributed by atoms with Gasteiger partial charge in [-0.25, -0.2) is 9.37 Å². The molecular formula is C23H26FN3O2. The van der Waals surface area contributed by atoms with Gasteiger partial charge in [0.2, 0.25) is 0 Å². The van der Waals surface area contributed by atoms with E-state index >= 15 is 0 Å². The van der Waals surface area contributed by atoms with E-state index in [0.29, 0.717) is 29.5 Å². The Morgan fingerprint density at radius 1 is 1.21 bits per heavy atom. The molecule has 152 valence electrons. The number of carbonyl (C=O) groups is 1. The lowest BCUT2D eigenvalue weighted by atomic mass is 10.0. The van der Waals surface area contributed by atoms with Gasteiger partial charge in [-0.2, -0.15) is 0 Å². The smallest absolute Gasteiger partial charge is 0.252 e. The Kier molecular flexibility index (Phi) is 6.65. The maximum Gasteiger partial charge on any atom is 0.252 e. The van der Waals surface area contributed by atoms with Crippen molar-refractivity contribution in [3.05, 3.63) is 83.7 Å². The van der Waals surface area contributed by atoms with Gasteiger partial charge in [0.15, 0.2) is 0 Å². The molecule has 0 saturated heterocycles. The fraction of sp³-hybridized carbons (Fsp3) is 0.304. The zero-order valence-electron chi connectivity index (χ0n) is 16.9. The largest absolute Gasteiger partial charge is 0.494 e. The van der Waals surface area contributed by atoms with Crippen LogP contribution in [0.2, 0.25) is 0 Å². The predicted molar refractivity (Wildman–Crippen MR) is 110 cm³/mol. The monoisotopic (exact) mass is 395 g/mol. The number of amides is 1. The van der Waals surface area contributed by atoms with Crippen LogP contribution in [0.1, 0.15) is 48.1 Å². The van der Waals surface area contributed by atoms with Crippen LogP contribution in [0.25, 0.3) is 0 Å².